The fraction of sp³-hybridized carbons (Fsp3) is 1.00. The highest BCUT2D eigenvalue weighted by molar-refractivity contribution is 4.94. The van der Waals surface area contributed by atoms with Gasteiger partial charge in [-0.25, -0.2) is 10.0 Å². The molecule has 0 aromatic carbocycles. The van der Waals surface area contributed by atoms with Crippen molar-refractivity contribution in [1.29, 1.82) is 0 Å². The Bertz CT molecular complexity index is 141. The molecular weight excluding hydrogens is 140 g/mol. The molecule has 2 aliphatic rings. The fourth-order valence-electron chi connectivity index (χ4n) is 2.27. The molecule has 2 rings (SSSR count). The SMILES string of the molecule is NN1CCC2(CCN(N)C2)C1. The molecule has 0 radical (unpaired) electrons. The molecule has 4 heteroatoms. The summed E-state index contributed by atoms with van der Waals surface area (Å²) in [7, 11) is 0. The van der Waals surface area contributed by atoms with Gasteiger partial charge in [-0.05, 0) is 12.8 Å². The van der Waals surface area contributed by atoms with Crippen LogP contribution in [0.15, 0.2) is 0 Å². The van der Waals surface area contributed by atoms with E-state index in [1.165, 1.54) is 12.8 Å². The van der Waals surface area contributed by atoms with Crippen LogP contribution in [0.3, 0.4) is 0 Å². The van der Waals surface area contributed by atoms with Crippen LogP contribution in [0.1, 0.15) is 12.8 Å². The van der Waals surface area contributed by atoms with Gasteiger partial charge in [0.05, 0.1) is 0 Å². The number of rotatable bonds is 0. The van der Waals surface area contributed by atoms with Crippen molar-refractivity contribution in [2.45, 2.75) is 12.8 Å². The fourth-order valence-corrected chi connectivity index (χ4v) is 2.27. The molecule has 1 spiro atoms. The molecule has 0 saturated carbocycles. The Hall–Kier alpha value is -0.160. The van der Waals surface area contributed by atoms with Gasteiger partial charge in [-0.2, -0.15) is 0 Å². The maximum atomic E-state index is 5.71. The molecular formula is C7H16N4. The molecule has 0 aliphatic carbocycles. The largest absolute Gasteiger partial charge is 0.269 e. The van der Waals surface area contributed by atoms with E-state index in [0.717, 1.165) is 26.2 Å². The van der Waals surface area contributed by atoms with E-state index in [0.29, 0.717) is 5.41 Å². The van der Waals surface area contributed by atoms with Gasteiger partial charge >= 0.3 is 0 Å². The Morgan fingerprint density at radius 3 is 1.64 bits per heavy atom. The topological polar surface area (TPSA) is 58.5 Å². The van der Waals surface area contributed by atoms with Crippen LogP contribution in [0.5, 0.6) is 0 Å². The molecule has 0 atom stereocenters. The number of nitrogens with zero attached hydrogens (tertiary/aromatic N) is 2. The van der Waals surface area contributed by atoms with Crippen molar-refractivity contribution in [2.75, 3.05) is 26.2 Å². The van der Waals surface area contributed by atoms with Crippen LogP contribution in [-0.2, 0) is 0 Å². The van der Waals surface area contributed by atoms with Gasteiger partial charge in [-0.1, -0.05) is 0 Å². The first-order valence-electron chi connectivity index (χ1n) is 4.20. The molecule has 0 aromatic rings. The van der Waals surface area contributed by atoms with Crippen molar-refractivity contribution < 1.29 is 0 Å². The zero-order valence-corrected chi connectivity index (χ0v) is 6.79. The van der Waals surface area contributed by atoms with Crippen molar-refractivity contribution in [2.24, 2.45) is 17.1 Å². The molecule has 4 nitrogen and oxygen atoms in total. The molecule has 11 heavy (non-hydrogen) atoms. The van der Waals surface area contributed by atoms with Gasteiger partial charge in [0.15, 0.2) is 0 Å². The van der Waals surface area contributed by atoms with Gasteiger partial charge in [0.2, 0.25) is 0 Å². The number of hydrazine groups is 2. The van der Waals surface area contributed by atoms with Crippen LogP contribution in [0.4, 0.5) is 0 Å². The summed E-state index contributed by atoms with van der Waals surface area (Å²) in [5.74, 6) is 11.4. The van der Waals surface area contributed by atoms with Crippen LogP contribution < -0.4 is 11.7 Å². The van der Waals surface area contributed by atoms with Crippen molar-refractivity contribution in [3.63, 3.8) is 0 Å². The minimum Gasteiger partial charge on any atom is -0.269 e. The van der Waals surface area contributed by atoms with E-state index in [-0.39, 0.29) is 0 Å². The third-order valence-electron chi connectivity index (χ3n) is 2.94. The predicted molar refractivity (Wildman–Crippen MR) is 43.2 cm³/mol. The van der Waals surface area contributed by atoms with Gasteiger partial charge in [-0.15, -0.1) is 0 Å². The lowest BCUT2D eigenvalue weighted by molar-refractivity contribution is 0.246. The molecule has 2 saturated heterocycles. The first-order valence-corrected chi connectivity index (χ1v) is 4.20. The van der Waals surface area contributed by atoms with Crippen molar-refractivity contribution >= 4 is 0 Å². The molecule has 64 valence electrons. The van der Waals surface area contributed by atoms with Gasteiger partial charge in [0.1, 0.15) is 0 Å². The molecule has 0 amide bonds. The van der Waals surface area contributed by atoms with Crippen LogP contribution in [0.2, 0.25) is 0 Å². The summed E-state index contributed by atoms with van der Waals surface area (Å²) >= 11 is 0. The van der Waals surface area contributed by atoms with E-state index in [1.807, 2.05) is 10.0 Å². The quantitative estimate of drug-likeness (QED) is 0.448. The van der Waals surface area contributed by atoms with Gasteiger partial charge < -0.3 is 0 Å². The summed E-state index contributed by atoms with van der Waals surface area (Å²) in [6, 6.07) is 0. The van der Waals surface area contributed by atoms with E-state index in [4.69, 9.17) is 11.7 Å². The van der Waals surface area contributed by atoms with Crippen LogP contribution in [0, 0.1) is 5.41 Å². The number of hydrogen-bond acceptors (Lipinski definition) is 4. The van der Waals surface area contributed by atoms with Crippen molar-refractivity contribution in [3.8, 4) is 0 Å². The Morgan fingerprint density at radius 2 is 1.36 bits per heavy atom. The molecule has 4 N–H and O–H groups in total. The monoisotopic (exact) mass is 156 g/mol. The lowest BCUT2D eigenvalue weighted by atomic mass is 9.87. The minimum absolute atomic E-state index is 0.434. The van der Waals surface area contributed by atoms with Crippen LogP contribution >= 0.6 is 0 Å². The highest BCUT2D eigenvalue weighted by Crippen LogP contribution is 2.36. The highest BCUT2D eigenvalue weighted by atomic mass is 15.5. The molecule has 0 unspecified atom stereocenters. The van der Waals surface area contributed by atoms with E-state index in [1.54, 1.807) is 0 Å². The Morgan fingerprint density at radius 1 is 0.909 bits per heavy atom. The predicted octanol–water partition coefficient (Wildman–Crippen LogP) is -0.868. The molecule has 0 aromatic heterocycles. The average molecular weight is 156 g/mol. The molecule has 2 fully saturated rings. The molecule has 2 aliphatic heterocycles. The summed E-state index contributed by atoms with van der Waals surface area (Å²) in [5, 5.41) is 3.83. The lowest BCUT2D eigenvalue weighted by Gasteiger charge is -2.21. The third kappa shape index (κ3) is 1.27. The second kappa shape index (κ2) is 2.42. The lowest BCUT2D eigenvalue weighted by Crippen LogP contribution is -2.35. The second-order valence-electron chi connectivity index (χ2n) is 3.94. The number of nitrogens with two attached hydrogens (primary N) is 2. The molecule has 2 heterocycles. The zero-order valence-electron chi connectivity index (χ0n) is 6.79. The smallest absolute Gasteiger partial charge is 0.0198 e. The first kappa shape index (κ1) is 7.49. The summed E-state index contributed by atoms with van der Waals surface area (Å²) in [6.07, 6.45) is 2.44. The van der Waals surface area contributed by atoms with Crippen LogP contribution in [0.25, 0.3) is 0 Å². The third-order valence-corrected chi connectivity index (χ3v) is 2.94. The van der Waals surface area contributed by atoms with Crippen LogP contribution in [-0.4, -0.2) is 36.2 Å². The summed E-state index contributed by atoms with van der Waals surface area (Å²) in [4.78, 5) is 0. The number of hydrogen-bond donors (Lipinski definition) is 2. The first-order chi connectivity index (χ1) is 5.20. The van der Waals surface area contributed by atoms with E-state index < -0.39 is 0 Å². The average Bonchev–Trinajstić information content (AvgIpc) is 2.44. The summed E-state index contributed by atoms with van der Waals surface area (Å²) in [6.45, 7) is 4.13. The zero-order chi connectivity index (χ0) is 7.90. The van der Waals surface area contributed by atoms with Crippen molar-refractivity contribution in [1.82, 2.24) is 10.0 Å². The normalized spacial score (nSPS) is 32.2. The Labute approximate surface area is 67.1 Å². The molecule has 0 bridgehead atoms. The van der Waals surface area contributed by atoms with Gasteiger partial charge in [-0.3, -0.25) is 11.7 Å². The van der Waals surface area contributed by atoms with E-state index in [9.17, 15) is 0 Å². The Kier molecular flexibility index (Phi) is 1.64. The summed E-state index contributed by atoms with van der Waals surface area (Å²) < 4.78 is 0. The van der Waals surface area contributed by atoms with E-state index >= 15 is 0 Å². The second-order valence-corrected chi connectivity index (χ2v) is 3.94. The summed E-state index contributed by atoms with van der Waals surface area (Å²) in [5.41, 5.74) is 0.434. The van der Waals surface area contributed by atoms with Crippen molar-refractivity contribution in [3.05, 3.63) is 0 Å². The minimum atomic E-state index is 0.434. The van der Waals surface area contributed by atoms with Gasteiger partial charge in [0.25, 0.3) is 0 Å². The maximum absolute atomic E-state index is 5.71. The van der Waals surface area contributed by atoms with E-state index in [2.05, 4.69) is 0 Å². The standard InChI is InChI=1S/C7H16N4/c8-10-3-1-7(5-10)2-4-11(9)6-7/h1-6,8-9H2. The highest BCUT2D eigenvalue weighted by Gasteiger charge is 2.41. The Balaban J connectivity index is 2.02. The van der Waals surface area contributed by atoms with Gasteiger partial charge in [0, 0.05) is 31.6 Å². The maximum Gasteiger partial charge on any atom is 0.0198 e.